The molecule has 1 saturated heterocycles. The molecule has 1 aliphatic carbocycles. The van der Waals surface area contributed by atoms with Crippen LogP contribution in [0.1, 0.15) is 23.1 Å². The molecule has 136 valence electrons. The quantitative estimate of drug-likeness (QED) is 0.792. The minimum atomic E-state index is 0.559. The van der Waals surface area contributed by atoms with Gasteiger partial charge in [-0.3, -0.25) is 0 Å². The fraction of sp³-hybridized carbons (Fsp3) is 0.364. The number of likely N-dealkylation sites (N-methyl/N-ethyl adjacent to an activating group) is 1. The van der Waals surface area contributed by atoms with Gasteiger partial charge in [-0.25, -0.2) is 0 Å². The molecule has 2 aromatic carbocycles. The van der Waals surface area contributed by atoms with E-state index in [0.29, 0.717) is 6.61 Å². The number of ether oxygens (including phenoxy) is 1. The molecule has 26 heavy (non-hydrogen) atoms. The van der Waals surface area contributed by atoms with E-state index in [2.05, 4.69) is 41.1 Å². The topological polar surface area (TPSA) is 15.7 Å². The molecule has 1 aliphatic heterocycles. The Morgan fingerprint density at radius 2 is 1.77 bits per heavy atom. The van der Waals surface area contributed by atoms with Crippen LogP contribution in [0.25, 0.3) is 5.70 Å². The molecule has 0 bridgehead atoms. The highest BCUT2D eigenvalue weighted by atomic mass is 35.5. The van der Waals surface area contributed by atoms with Crippen LogP contribution in [0.3, 0.4) is 0 Å². The van der Waals surface area contributed by atoms with E-state index in [1.807, 2.05) is 24.3 Å². The molecule has 1 fully saturated rings. The van der Waals surface area contributed by atoms with Crippen molar-refractivity contribution in [1.29, 1.82) is 0 Å². The summed E-state index contributed by atoms with van der Waals surface area (Å²) in [5.41, 5.74) is 5.29. The van der Waals surface area contributed by atoms with Crippen molar-refractivity contribution in [2.75, 3.05) is 33.2 Å². The third kappa shape index (κ3) is 3.89. The Morgan fingerprint density at radius 1 is 1.00 bits per heavy atom. The molecule has 4 heteroatoms. The van der Waals surface area contributed by atoms with Crippen molar-refractivity contribution in [2.24, 2.45) is 0 Å². The Kier molecular flexibility index (Phi) is 5.18. The SMILES string of the molecule is CN1CCN(C2=CCCc3ccc(OCc4ccc(Cl)cc4)cc32)CC1. The average molecular weight is 369 g/mol. The van der Waals surface area contributed by atoms with Crippen molar-refractivity contribution in [3.63, 3.8) is 0 Å². The largest absolute Gasteiger partial charge is 0.489 e. The second-order valence-corrected chi connectivity index (χ2v) is 7.59. The first-order valence-corrected chi connectivity index (χ1v) is 9.71. The highest BCUT2D eigenvalue weighted by Gasteiger charge is 2.22. The number of nitrogens with zero attached hydrogens (tertiary/aromatic N) is 2. The Balaban J connectivity index is 1.50. The third-order valence-electron chi connectivity index (χ3n) is 5.27. The highest BCUT2D eigenvalue weighted by Crippen LogP contribution is 2.32. The number of halogens is 1. The van der Waals surface area contributed by atoms with Crippen molar-refractivity contribution in [2.45, 2.75) is 19.4 Å². The fourth-order valence-corrected chi connectivity index (χ4v) is 3.80. The summed E-state index contributed by atoms with van der Waals surface area (Å²) in [5.74, 6) is 0.931. The molecule has 2 aliphatic rings. The third-order valence-corrected chi connectivity index (χ3v) is 5.52. The summed E-state index contributed by atoms with van der Waals surface area (Å²) in [6.07, 6.45) is 4.64. The molecule has 2 aromatic rings. The summed E-state index contributed by atoms with van der Waals surface area (Å²) in [5, 5.41) is 0.754. The van der Waals surface area contributed by atoms with Crippen LogP contribution < -0.4 is 4.74 Å². The van der Waals surface area contributed by atoms with Crippen LogP contribution >= 0.6 is 11.6 Å². The summed E-state index contributed by atoms with van der Waals surface area (Å²) in [6, 6.07) is 14.4. The van der Waals surface area contributed by atoms with E-state index in [1.165, 1.54) is 16.8 Å². The highest BCUT2D eigenvalue weighted by molar-refractivity contribution is 6.30. The van der Waals surface area contributed by atoms with Gasteiger partial charge < -0.3 is 14.5 Å². The van der Waals surface area contributed by atoms with Gasteiger partial charge in [0.1, 0.15) is 12.4 Å². The number of allylic oxidation sites excluding steroid dienone is 1. The van der Waals surface area contributed by atoms with Crippen molar-refractivity contribution in [3.05, 3.63) is 70.3 Å². The number of hydrogen-bond acceptors (Lipinski definition) is 3. The van der Waals surface area contributed by atoms with Crippen LogP contribution in [0.2, 0.25) is 5.02 Å². The van der Waals surface area contributed by atoms with Crippen LogP contribution in [-0.4, -0.2) is 43.0 Å². The molecule has 0 N–H and O–H groups in total. The van der Waals surface area contributed by atoms with Gasteiger partial charge in [0.25, 0.3) is 0 Å². The molecule has 0 aromatic heterocycles. The number of aryl methyl sites for hydroxylation is 1. The second kappa shape index (κ2) is 7.73. The van der Waals surface area contributed by atoms with Gasteiger partial charge >= 0.3 is 0 Å². The molecular formula is C22H25ClN2O. The predicted octanol–water partition coefficient (Wildman–Crippen LogP) is 4.45. The van der Waals surface area contributed by atoms with E-state index in [-0.39, 0.29) is 0 Å². The minimum Gasteiger partial charge on any atom is -0.489 e. The molecule has 0 atom stereocenters. The zero-order valence-electron chi connectivity index (χ0n) is 15.2. The van der Waals surface area contributed by atoms with E-state index in [9.17, 15) is 0 Å². The maximum absolute atomic E-state index is 6.05. The molecule has 3 nitrogen and oxygen atoms in total. The van der Waals surface area contributed by atoms with Gasteiger partial charge in [0, 0.05) is 42.5 Å². The second-order valence-electron chi connectivity index (χ2n) is 7.15. The van der Waals surface area contributed by atoms with Crippen LogP contribution in [0.4, 0.5) is 0 Å². The summed E-state index contributed by atoms with van der Waals surface area (Å²) in [4.78, 5) is 4.92. The Bertz CT molecular complexity index is 792. The lowest BCUT2D eigenvalue weighted by Gasteiger charge is -2.37. The first kappa shape index (κ1) is 17.4. The molecule has 0 unspecified atom stereocenters. The van der Waals surface area contributed by atoms with Gasteiger partial charge in [0.15, 0.2) is 0 Å². The van der Waals surface area contributed by atoms with E-state index >= 15 is 0 Å². The van der Waals surface area contributed by atoms with Crippen molar-refractivity contribution >= 4 is 17.3 Å². The average Bonchev–Trinajstić information content (AvgIpc) is 2.68. The smallest absolute Gasteiger partial charge is 0.120 e. The summed E-state index contributed by atoms with van der Waals surface area (Å²) in [6.45, 7) is 5.00. The van der Waals surface area contributed by atoms with Gasteiger partial charge in [0.2, 0.25) is 0 Å². The van der Waals surface area contributed by atoms with E-state index in [0.717, 1.165) is 55.4 Å². The van der Waals surface area contributed by atoms with Crippen molar-refractivity contribution in [3.8, 4) is 5.75 Å². The lowest BCUT2D eigenvalue weighted by atomic mass is 9.93. The number of fused-ring (bicyclic) bond motifs is 1. The first-order valence-electron chi connectivity index (χ1n) is 9.33. The molecule has 0 spiro atoms. The van der Waals surface area contributed by atoms with E-state index < -0.39 is 0 Å². The number of piperazine rings is 1. The zero-order valence-corrected chi connectivity index (χ0v) is 16.0. The maximum atomic E-state index is 6.05. The normalized spacial score (nSPS) is 17.6. The standard InChI is InChI=1S/C22H25ClN2O/c1-24-11-13-25(14-12-24)22-4-2-3-18-7-10-20(15-21(18)22)26-16-17-5-8-19(23)9-6-17/h4-10,15H,2-3,11-14,16H2,1H3. The van der Waals surface area contributed by atoms with Gasteiger partial charge in [0.05, 0.1) is 0 Å². The minimum absolute atomic E-state index is 0.559. The molecule has 0 radical (unpaired) electrons. The van der Waals surface area contributed by atoms with Gasteiger partial charge in [-0.2, -0.15) is 0 Å². The predicted molar refractivity (Wildman–Crippen MR) is 108 cm³/mol. The van der Waals surface area contributed by atoms with Crippen molar-refractivity contribution in [1.82, 2.24) is 9.80 Å². The maximum Gasteiger partial charge on any atom is 0.120 e. The van der Waals surface area contributed by atoms with Crippen LogP contribution in [0.15, 0.2) is 48.5 Å². The Hall–Kier alpha value is -1.97. The van der Waals surface area contributed by atoms with Crippen LogP contribution in [0, 0.1) is 0 Å². The number of rotatable bonds is 4. The van der Waals surface area contributed by atoms with Gasteiger partial charge in [-0.15, -0.1) is 0 Å². The number of hydrogen-bond donors (Lipinski definition) is 0. The Labute approximate surface area is 160 Å². The molecule has 0 amide bonds. The van der Waals surface area contributed by atoms with Gasteiger partial charge in [-0.1, -0.05) is 35.9 Å². The summed E-state index contributed by atoms with van der Waals surface area (Å²) >= 11 is 5.95. The molecule has 1 heterocycles. The lowest BCUT2D eigenvalue weighted by Crippen LogP contribution is -2.43. The first-order chi connectivity index (χ1) is 12.7. The summed E-state index contributed by atoms with van der Waals surface area (Å²) in [7, 11) is 2.20. The number of benzene rings is 2. The van der Waals surface area contributed by atoms with E-state index in [1.54, 1.807) is 0 Å². The molecule has 0 saturated carbocycles. The lowest BCUT2D eigenvalue weighted by molar-refractivity contribution is 0.206. The summed E-state index contributed by atoms with van der Waals surface area (Å²) < 4.78 is 6.05. The van der Waals surface area contributed by atoms with Crippen molar-refractivity contribution < 1.29 is 4.74 Å². The zero-order chi connectivity index (χ0) is 17.9. The van der Waals surface area contributed by atoms with Crippen LogP contribution in [-0.2, 0) is 13.0 Å². The fourth-order valence-electron chi connectivity index (χ4n) is 3.67. The van der Waals surface area contributed by atoms with E-state index in [4.69, 9.17) is 16.3 Å². The Morgan fingerprint density at radius 3 is 2.54 bits per heavy atom. The monoisotopic (exact) mass is 368 g/mol. The van der Waals surface area contributed by atoms with Crippen LogP contribution in [0.5, 0.6) is 5.75 Å². The molecular weight excluding hydrogens is 344 g/mol. The molecule has 4 rings (SSSR count). The van der Waals surface area contributed by atoms with Gasteiger partial charge in [-0.05, 0) is 55.3 Å².